The lowest BCUT2D eigenvalue weighted by Crippen LogP contribution is -2.48. The summed E-state index contributed by atoms with van der Waals surface area (Å²) in [7, 11) is 0. The predicted molar refractivity (Wildman–Crippen MR) is 132 cm³/mol. The van der Waals surface area contributed by atoms with E-state index < -0.39 is 5.60 Å². The van der Waals surface area contributed by atoms with E-state index in [0.29, 0.717) is 18.9 Å². The summed E-state index contributed by atoms with van der Waals surface area (Å²) in [5.41, 5.74) is 4.90. The number of nitrogens with one attached hydrogen (secondary N) is 1. The van der Waals surface area contributed by atoms with Gasteiger partial charge < -0.3 is 19.6 Å². The summed E-state index contributed by atoms with van der Waals surface area (Å²) >= 11 is 0. The molecule has 1 saturated heterocycles. The molecule has 1 unspecified atom stereocenters. The van der Waals surface area contributed by atoms with Gasteiger partial charge in [-0.25, -0.2) is 20.6 Å². The molecule has 3 aromatic rings. The third-order valence-electron chi connectivity index (χ3n) is 6.20. The average molecular weight is 453 g/mol. The number of imidazole rings is 1. The number of nitrogen functional groups attached to an aromatic ring is 1. The molecular formula is C25H36N6O2. The smallest absolute Gasteiger partial charge is 0.410 e. The van der Waals surface area contributed by atoms with Crippen molar-refractivity contribution in [3.63, 3.8) is 0 Å². The standard InChI is InChI=1S/C25H36N6O2/c1-5-6-14-20-28-21-22(18-12-7-8-13-19(18)27-23(21)29-26)31(20)16-17-11-9-10-15-30(17)24(32)33-25(2,3)4/h7-8,12-13,17H,5-6,9-11,14-16,26H2,1-4H3,(H,27,29). The molecule has 33 heavy (non-hydrogen) atoms. The molecule has 1 aliphatic rings. The van der Waals surface area contributed by atoms with Crippen LogP contribution in [-0.4, -0.2) is 43.7 Å². The zero-order valence-corrected chi connectivity index (χ0v) is 20.2. The molecule has 2 aromatic heterocycles. The van der Waals surface area contributed by atoms with Crippen LogP contribution in [-0.2, 0) is 17.7 Å². The van der Waals surface area contributed by atoms with Gasteiger partial charge in [-0.3, -0.25) is 0 Å². The number of nitrogens with zero attached hydrogens (tertiary/aromatic N) is 4. The second-order valence-corrected chi connectivity index (χ2v) is 9.88. The van der Waals surface area contributed by atoms with E-state index in [0.717, 1.165) is 66.3 Å². The normalized spacial score (nSPS) is 17.0. The molecule has 3 N–H and O–H groups in total. The molecule has 8 nitrogen and oxygen atoms in total. The Morgan fingerprint density at radius 1 is 1.24 bits per heavy atom. The van der Waals surface area contributed by atoms with Gasteiger partial charge in [0.15, 0.2) is 5.82 Å². The molecular weight excluding hydrogens is 416 g/mol. The van der Waals surface area contributed by atoms with Gasteiger partial charge in [0.2, 0.25) is 0 Å². The van der Waals surface area contributed by atoms with E-state index in [1.54, 1.807) is 0 Å². The molecule has 1 atom stereocenters. The molecule has 0 spiro atoms. The van der Waals surface area contributed by atoms with E-state index in [1.165, 1.54) is 0 Å². The minimum absolute atomic E-state index is 0.0487. The Labute approximate surface area is 195 Å². The summed E-state index contributed by atoms with van der Waals surface area (Å²) in [6.45, 7) is 9.31. The molecule has 4 rings (SSSR count). The number of hydrogen-bond acceptors (Lipinski definition) is 6. The number of rotatable bonds is 6. The number of aryl methyl sites for hydroxylation is 1. The van der Waals surface area contributed by atoms with Crippen LogP contribution in [0.15, 0.2) is 24.3 Å². The number of carbonyl (C=O) groups is 1. The molecule has 1 aliphatic heterocycles. The van der Waals surface area contributed by atoms with E-state index in [2.05, 4.69) is 23.0 Å². The quantitative estimate of drug-likeness (QED) is 0.403. The van der Waals surface area contributed by atoms with Crippen LogP contribution >= 0.6 is 0 Å². The van der Waals surface area contributed by atoms with Crippen molar-refractivity contribution in [3.05, 3.63) is 30.1 Å². The summed E-state index contributed by atoms with van der Waals surface area (Å²) < 4.78 is 8.04. The Balaban J connectivity index is 1.81. The zero-order valence-electron chi connectivity index (χ0n) is 20.2. The number of fused-ring (bicyclic) bond motifs is 3. The average Bonchev–Trinajstić information content (AvgIpc) is 3.14. The first kappa shape index (κ1) is 23.3. The lowest BCUT2D eigenvalue weighted by Gasteiger charge is -2.37. The number of anilines is 1. The number of unbranched alkanes of at least 4 members (excludes halogenated alkanes) is 1. The van der Waals surface area contributed by atoms with Gasteiger partial charge in [-0.15, -0.1) is 0 Å². The van der Waals surface area contributed by atoms with Crippen LogP contribution in [0.5, 0.6) is 0 Å². The number of hydrazine groups is 1. The van der Waals surface area contributed by atoms with Gasteiger partial charge in [-0.2, -0.15) is 0 Å². The largest absolute Gasteiger partial charge is 0.444 e. The fourth-order valence-corrected chi connectivity index (χ4v) is 4.67. The first-order chi connectivity index (χ1) is 15.8. The van der Waals surface area contributed by atoms with Crippen LogP contribution in [0.4, 0.5) is 10.6 Å². The maximum absolute atomic E-state index is 13.0. The van der Waals surface area contributed by atoms with Gasteiger partial charge >= 0.3 is 6.09 Å². The third-order valence-corrected chi connectivity index (χ3v) is 6.20. The number of piperidine rings is 1. The summed E-state index contributed by atoms with van der Waals surface area (Å²) in [5.74, 6) is 7.43. The summed E-state index contributed by atoms with van der Waals surface area (Å²) in [4.78, 5) is 24.6. The van der Waals surface area contributed by atoms with Crippen LogP contribution in [0, 0.1) is 0 Å². The fourth-order valence-electron chi connectivity index (χ4n) is 4.67. The highest BCUT2D eigenvalue weighted by molar-refractivity contribution is 6.06. The Hall–Kier alpha value is -2.87. The number of ether oxygens (including phenoxy) is 1. The van der Waals surface area contributed by atoms with Crippen molar-refractivity contribution in [2.45, 2.75) is 84.4 Å². The number of nitrogens with two attached hydrogens (primary N) is 1. The summed E-state index contributed by atoms with van der Waals surface area (Å²) in [6.07, 6.45) is 5.79. The molecule has 1 fully saturated rings. The molecule has 1 aromatic carbocycles. The number of aromatic nitrogens is 3. The van der Waals surface area contributed by atoms with Crippen LogP contribution in [0.1, 0.15) is 65.6 Å². The number of pyridine rings is 1. The van der Waals surface area contributed by atoms with E-state index in [1.807, 2.05) is 43.9 Å². The lowest BCUT2D eigenvalue weighted by atomic mass is 10.0. The first-order valence-corrected chi connectivity index (χ1v) is 12.1. The Morgan fingerprint density at radius 3 is 2.76 bits per heavy atom. The highest BCUT2D eigenvalue weighted by atomic mass is 16.6. The van der Waals surface area contributed by atoms with Crippen molar-refractivity contribution in [2.75, 3.05) is 12.0 Å². The number of likely N-dealkylation sites (tertiary alicyclic amines) is 1. The predicted octanol–water partition coefficient (Wildman–Crippen LogP) is 5.00. The van der Waals surface area contributed by atoms with Gasteiger partial charge in [-0.05, 0) is 52.5 Å². The number of carbonyl (C=O) groups excluding carboxylic acids is 1. The highest BCUT2D eigenvalue weighted by Crippen LogP contribution is 2.32. The maximum Gasteiger partial charge on any atom is 0.410 e. The van der Waals surface area contributed by atoms with Crippen molar-refractivity contribution in [2.24, 2.45) is 5.84 Å². The van der Waals surface area contributed by atoms with E-state index in [-0.39, 0.29) is 12.1 Å². The van der Waals surface area contributed by atoms with Crippen LogP contribution < -0.4 is 11.3 Å². The maximum atomic E-state index is 13.0. The highest BCUT2D eigenvalue weighted by Gasteiger charge is 2.32. The summed E-state index contributed by atoms with van der Waals surface area (Å²) in [5, 5.41) is 1.04. The molecule has 0 radical (unpaired) electrons. The van der Waals surface area contributed by atoms with Gasteiger partial charge in [0.05, 0.1) is 17.1 Å². The second-order valence-electron chi connectivity index (χ2n) is 9.88. The minimum atomic E-state index is -0.517. The fraction of sp³-hybridized carbons (Fsp3) is 0.560. The number of amides is 1. The molecule has 8 heteroatoms. The zero-order chi connectivity index (χ0) is 23.6. The van der Waals surface area contributed by atoms with E-state index in [9.17, 15) is 4.79 Å². The SMILES string of the molecule is CCCCc1nc2c(NN)nc3ccccc3c2n1CC1CCCCN1C(=O)OC(C)(C)C. The van der Waals surface area contributed by atoms with Gasteiger partial charge in [-0.1, -0.05) is 31.5 Å². The monoisotopic (exact) mass is 452 g/mol. The lowest BCUT2D eigenvalue weighted by molar-refractivity contribution is 0.00784. The summed E-state index contributed by atoms with van der Waals surface area (Å²) in [6, 6.07) is 8.12. The minimum Gasteiger partial charge on any atom is -0.444 e. The number of para-hydroxylation sites is 1. The third kappa shape index (κ3) is 4.90. The molecule has 178 valence electrons. The molecule has 0 saturated carbocycles. The first-order valence-electron chi connectivity index (χ1n) is 12.1. The molecule has 1 amide bonds. The van der Waals surface area contributed by atoms with Crippen molar-refractivity contribution in [1.29, 1.82) is 0 Å². The van der Waals surface area contributed by atoms with Crippen molar-refractivity contribution >= 4 is 33.8 Å². The van der Waals surface area contributed by atoms with E-state index >= 15 is 0 Å². The second kappa shape index (κ2) is 9.55. The van der Waals surface area contributed by atoms with Crippen LogP contribution in [0.3, 0.4) is 0 Å². The Kier molecular flexibility index (Phi) is 6.74. The molecule has 0 bridgehead atoms. The Morgan fingerprint density at radius 2 is 2.03 bits per heavy atom. The van der Waals surface area contributed by atoms with Crippen molar-refractivity contribution in [3.8, 4) is 0 Å². The molecule has 0 aliphatic carbocycles. The number of hydrogen-bond donors (Lipinski definition) is 2. The van der Waals surface area contributed by atoms with E-state index in [4.69, 9.17) is 20.5 Å². The van der Waals surface area contributed by atoms with Crippen LogP contribution in [0.2, 0.25) is 0 Å². The molecule has 3 heterocycles. The van der Waals surface area contributed by atoms with Gasteiger partial charge in [0, 0.05) is 24.9 Å². The van der Waals surface area contributed by atoms with Crippen molar-refractivity contribution < 1.29 is 9.53 Å². The van der Waals surface area contributed by atoms with Crippen molar-refractivity contribution in [1.82, 2.24) is 19.4 Å². The number of benzene rings is 1. The van der Waals surface area contributed by atoms with Crippen LogP contribution in [0.25, 0.3) is 21.9 Å². The topological polar surface area (TPSA) is 98.3 Å². The van der Waals surface area contributed by atoms with Gasteiger partial charge in [0.25, 0.3) is 0 Å². The van der Waals surface area contributed by atoms with Gasteiger partial charge in [0.1, 0.15) is 16.9 Å². The Bertz CT molecular complexity index is 1130.